The van der Waals surface area contributed by atoms with Gasteiger partial charge in [0.2, 0.25) is 11.8 Å². The Balaban J connectivity index is 0.000000207. The van der Waals surface area contributed by atoms with Crippen molar-refractivity contribution in [2.45, 2.75) is 149 Å². The first-order chi connectivity index (χ1) is 29.3. The van der Waals surface area contributed by atoms with Gasteiger partial charge in [0.1, 0.15) is 5.60 Å². The maximum Gasteiger partial charge on any atom is 0.410 e. The zero-order chi connectivity index (χ0) is 44.8. The molecule has 1 N–H and O–H groups in total. The summed E-state index contributed by atoms with van der Waals surface area (Å²) in [6.45, 7) is 17.8. The summed E-state index contributed by atoms with van der Waals surface area (Å²) in [5, 5.41) is 3.02. The third-order valence-corrected chi connectivity index (χ3v) is 13.8. The van der Waals surface area contributed by atoms with Gasteiger partial charge in [-0.3, -0.25) is 14.6 Å². The zero-order valence-corrected chi connectivity index (χ0v) is 39.4. The van der Waals surface area contributed by atoms with Crippen LogP contribution in [0.3, 0.4) is 0 Å². The monoisotopic (exact) mass is 853 g/mol. The van der Waals surface area contributed by atoms with Crippen molar-refractivity contribution in [3.63, 3.8) is 0 Å². The second kappa shape index (κ2) is 20.4. The molecule has 1 aromatic carbocycles. The number of nitrogens with zero attached hydrogens (tertiary/aromatic N) is 5. The number of hydrogen-bond acceptors (Lipinski definition) is 6. The SMILES string of the molecule is CC1CC(c2ccccc2)CCN1C(=O)C1CCC(CN(C)C(=O)OC(C)(C)C)CC1.CN(CC1CCC(C(=O)N2CCC3=C(Cc4ncccc43)C2)CC1)C(=O)NC(C)(C)C. The number of carbonyl (C=O) groups is 4. The lowest BCUT2D eigenvalue weighted by Gasteiger charge is -2.41. The van der Waals surface area contributed by atoms with Gasteiger partial charge in [0.15, 0.2) is 0 Å². The van der Waals surface area contributed by atoms with E-state index in [1.807, 2.05) is 67.9 Å². The van der Waals surface area contributed by atoms with Gasteiger partial charge in [-0.15, -0.1) is 0 Å². The minimum absolute atomic E-state index is 0.0184. The van der Waals surface area contributed by atoms with Gasteiger partial charge in [0.25, 0.3) is 0 Å². The number of amides is 5. The molecular weight excluding hydrogens is 777 g/mol. The van der Waals surface area contributed by atoms with Gasteiger partial charge < -0.3 is 29.7 Å². The van der Waals surface area contributed by atoms with Crippen molar-refractivity contribution < 1.29 is 23.9 Å². The van der Waals surface area contributed by atoms with E-state index in [0.717, 1.165) is 103 Å². The molecule has 0 bridgehead atoms. The topological polar surface area (TPSA) is 115 Å². The van der Waals surface area contributed by atoms with Gasteiger partial charge in [-0.25, -0.2) is 9.59 Å². The van der Waals surface area contributed by atoms with Crippen LogP contribution in [-0.2, 0) is 20.7 Å². The fraction of sp³-hybridized carbons (Fsp3) is 0.667. The summed E-state index contributed by atoms with van der Waals surface area (Å²) in [4.78, 5) is 63.2. The first-order valence-electron chi connectivity index (χ1n) is 23.6. The van der Waals surface area contributed by atoms with Crippen molar-refractivity contribution in [1.29, 1.82) is 0 Å². The van der Waals surface area contributed by atoms with Crippen molar-refractivity contribution in [3.05, 3.63) is 71.1 Å². The van der Waals surface area contributed by atoms with Gasteiger partial charge >= 0.3 is 12.1 Å². The van der Waals surface area contributed by atoms with Crippen LogP contribution in [-0.4, -0.2) is 113 Å². The highest BCUT2D eigenvalue weighted by Crippen LogP contribution is 2.39. The van der Waals surface area contributed by atoms with E-state index in [0.29, 0.717) is 42.2 Å². The van der Waals surface area contributed by atoms with Gasteiger partial charge in [0.05, 0.1) is 5.69 Å². The molecule has 5 aliphatic rings. The Kier molecular flexibility index (Phi) is 15.5. The van der Waals surface area contributed by atoms with Crippen molar-refractivity contribution in [3.8, 4) is 0 Å². The predicted octanol–water partition coefficient (Wildman–Crippen LogP) is 9.32. The maximum absolute atomic E-state index is 13.2. The van der Waals surface area contributed by atoms with E-state index in [1.54, 1.807) is 9.80 Å². The summed E-state index contributed by atoms with van der Waals surface area (Å²) in [6, 6.07) is 15.2. The summed E-state index contributed by atoms with van der Waals surface area (Å²) in [7, 11) is 3.68. The molecule has 1 saturated heterocycles. The maximum atomic E-state index is 13.2. The molecule has 11 heteroatoms. The lowest BCUT2D eigenvalue weighted by molar-refractivity contribution is -0.140. The average Bonchev–Trinajstić information content (AvgIpc) is 3.61. The molecule has 62 heavy (non-hydrogen) atoms. The molecule has 2 aliphatic heterocycles. The zero-order valence-electron chi connectivity index (χ0n) is 39.4. The number of ether oxygens (including phenoxy) is 1. The van der Waals surface area contributed by atoms with Gasteiger partial charge in [0, 0.05) is 82.9 Å². The molecule has 0 radical (unpaired) electrons. The number of pyridine rings is 1. The number of urea groups is 1. The summed E-state index contributed by atoms with van der Waals surface area (Å²) in [6.07, 6.45) is 13.3. The molecule has 5 amide bonds. The number of nitrogens with one attached hydrogen (secondary N) is 1. The van der Waals surface area contributed by atoms with E-state index < -0.39 is 5.60 Å². The molecule has 0 spiro atoms. The average molecular weight is 853 g/mol. The Morgan fingerprint density at radius 1 is 0.774 bits per heavy atom. The van der Waals surface area contributed by atoms with Crippen molar-refractivity contribution in [2.75, 3.05) is 46.8 Å². The Morgan fingerprint density at radius 2 is 1.39 bits per heavy atom. The van der Waals surface area contributed by atoms with Crippen molar-refractivity contribution in [2.24, 2.45) is 23.7 Å². The van der Waals surface area contributed by atoms with Crippen LogP contribution in [0.2, 0.25) is 0 Å². The normalized spacial score (nSPS) is 25.1. The summed E-state index contributed by atoms with van der Waals surface area (Å²) in [5.74, 6) is 2.42. The Hall–Kier alpha value is -4.41. The standard InChI is InChI=1S/C26H40N2O3.C25H36N4O2/c1-19-17-23(21-9-7-6-8-10-21)15-16-28(19)24(29)22-13-11-20(12-14-22)18-27(5)25(30)31-26(2,3)4;1-25(2,3)27-24(31)28(4)15-17-7-9-18(10-8-17)23(30)29-13-11-20-19(16-29)14-22-21(20)6-5-12-26-22/h6-10,19-20,22-23H,11-18H2,1-5H3;5-6,12,17-18H,7-11,13-16H2,1-4H3,(H,27,31). The van der Waals surface area contributed by atoms with Crippen LogP contribution in [0.25, 0.3) is 5.57 Å². The molecule has 2 aromatic rings. The van der Waals surface area contributed by atoms with E-state index in [2.05, 4.69) is 63.4 Å². The molecular formula is C51H76N6O5. The van der Waals surface area contributed by atoms with Gasteiger partial charge in [-0.2, -0.15) is 0 Å². The van der Waals surface area contributed by atoms with Crippen LogP contribution in [0.5, 0.6) is 0 Å². The number of aromatic nitrogens is 1. The Bertz CT molecular complexity index is 1890. The molecule has 3 aliphatic carbocycles. The highest BCUT2D eigenvalue weighted by Gasteiger charge is 2.37. The number of benzene rings is 1. The van der Waals surface area contributed by atoms with Crippen LogP contribution >= 0.6 is 0 Å². The number of piperidine rings is 1. The summed E-state index contributed by atoms with van der Waals surface area (Å²) < 4.78 is 5.46. The molecule has 2 unspecified atom stereocenters. The largest absolute Gasteiger partial charge is 0.444 e. The summed E-state index contributed by atoms with van der Waals surface area (Å²) in [5.41, 5.74) is 5.97. The fourth-order valence-corrected chi connectivity index (χ4v) is 10.5. The second-order valence-corrected chi connectivity index (χ2v) is 21.1. The van der Waals surface area contributed by atoms with Gasteiger partial charge in [-0.1, -0.05) is 36.4 Å². The van der Waals surface area contributed by atoms with Crippen LogP contribution in [0, 0.1) is 23.7 Å². The van der Waals surface area contributed by atoms with E-state index in [9.17, 15) is 19.2 Å². The number of carbonyl (C=O) groups excluding carboxylic acids is 4. The van der Waals surface area contributed by atoms with Crippen LogP contribution in [0.4, 0.5) is 9.59 Å². The third kappa shape index (κ3) is 12.6. The van der Waals surface area contributed by atoms with Crippen molar-refractivity contribution >= 4 is 29.5 Å². The number of likely N-dealkylation sites (tertiary alicyclic amines) is 1. The lowest BCUT2D eigenvalue weighted by Crippen LogP contribution is -2.48. The lowest BCUT2D eigenvalue weighted by atomic mass is 9.80. The Labute approximate surface area is 372 Å². The Morgan fingerprint density at radius 3 is 1.98 bits per heavy atom. The quantitative estimate of drug-likeness (QED) is 0.297. The van der Waals surface area contributed by atoms with E-state index >= 15 is 0 Å². The highest BCUT2D eigenvalue weighted by molar-refractivity contribution is 5.83. The number of fused-ring (bicyclic) bond motifs is 2. The predicted molar refractivity (Wildman–Crippen MR) is 246 cm³/mol. The van der Waals surface area contributed by atoms with E-state index in [-0.39, 0.29) is 29.5 Å². The van der Waals surface area contributed by atoms with Crippen LogP contribution in [0.15, 0.2) is 54.2 Å². The third-order valence-electron chi connectivity index (χ3n) is 13.8. The molecule has 3 fully saturated rings. The first kappa shape index (κ1) is 47.1. The molecule has 2 saturated carbocycles. The van der Waals surface area contributed by atoms with Gasteiger partial charge in [-0.05, 0) is 165 Å². The molecule has 3 heterocycles. The number of rotatable bonds is 7. The molecule has 340 valence electrons. The molecule has 2 atom stereocenters. The van der Waals surface area contributed by atoms with E-state index in [4.69, 9.17) is 4.74 Å². The highest BCUT2D eigenvalue weighted by atomic mass is 16.6. The smallest absolute Gasteiger partial charge is 0.410 e. The molecule has 11 nitrogen and oxygen atoms in total. The molecule has 1 aromatic heterocycles. The first-order valence-corrected chi connectivity index (χ1v) is 23.6. The second-order valence-electron chi connectivity index (χ2n) is 21.1. The minimum Gasteiger partial charge on any atom is -0.444 e. The molecule has 7 rings (SSSR count). The van der Waals surface area contributed by atoms with Crippen molar-refractivity contribution in [1.82, 2.24) is 29.9 Å². The fourth-order valence-electron chi connectivity index (χ4n) is 10.5. The number of hydrogen-bond donors (Lipinski definition) is 1. The summed E-state index contributed by atoms with van der Waals surface area (Å²) >= 11 is 0. The van der Waals surface area contributed by atoms with E-state index in [1.165, 1.54) is 28.0 Å². The van der Waals surface area contributed by atoms with Crippen LogP contribution < -0.4 is 5.32 Å². The van der Waals surface area contributed by atoms with Crippen LogP contribution in [0.1, 0.15) is 142 Å². The minimum atomic E-state index is -0.472.